The molecular formula is C18H23NO4. The van der Waals surface area contributed by atoms with Gasteiger partial charge in [-0.25, -0.2) is 9.59 Å². The molecule has 0 aliphatic rings. The van der Waals surface area contributed by atoms with E-state index in [-0.39, 0.29) is 6.61 Å². The minimum absolute atomic E-state index is 0.0819. The summed E-state index contributed by atoms with van der Waals surface area (Å²) in [7, 11) is 0. The number of amides is 1. The Hall–Kier alpha value is -2.56. The molecule has 0 radical (unpaired) electrons. The highest BCUT2D eigenvalue weighted by atomic mass is 16.5. The molecule has 1 aromatic carbocycles. The summed E-state index contributed by atoms with van der Waals surface area (Å²) in [4.78, 5) is 22.4. The lowest BCUT2D eigenvalue weighted by Gasteiger charge is -2.34. The van der Waals surface area contributed by atoms with E-state index in [0.29, 0.717) is 0 Å². The zero-order chi connectivity index (χ0) is 17.6. The van der Waals surface area contributed by atoms with Crippen LogP contribution < -0.4 is 5.32 Å². The monoisotopic (exact) mass is 317 g/mol. The van der Waals surface area contributed by atoms with E-state index in [2.05, 4.69) is 18.5 Å². The van der Waals surface area contributed by atoms with E-state index in [1.807, 2.05) is 45.0 Å². The first-order valence-electron chi connectivity index (χ1n) is 7.23. The Morgan fingerprint density at radius 1 is 1.43 bits per heavy atom. The van der Waals surface area contributed by atoms with Crippen LogP contribution in [0.4, 0.5) is 4.79 Å². The number of nitrogens with one attached hydrogen (secondary N) is 1. The number of ether oxygens (including phenoxy) is 1. The second-order valence-corrected chi connectivity index (χ2v) is 5.92. The van der Waals surface area contributed by atoms with Gasteiger partial charge in [0.25, 0.3) is 0 Å². The maximum atomic E-state index is 11.3. The lowest BCUT2D eigenvalue weighted by Crippen LogP contribution is -2.50. The summed E-state index contributed by atoms with van der Waals surface area (Å²) in [6.07, 6.45) is -0.124. The Labute approximate surface area is 136 Å². The highest BCUT2D eigenvalue weighted by Crippen LogP contribution is 2.29. The van der Waals surface area contributed by atoms with E-state index in [1.165, 1.54) is 0 Å². The van der Waals surface area contributed by atoms with Crippen molar-refractivity contribution in [1.82, 2.24) is 5.32 Å². The summed E-state index contributed by atoms with van der Waals surface area (Å²) < 4.78 is 5.04. The maximum absolute atomic E-state index is 11.3. The molecule has 1 atom stereocenters. The number of hydrogen-bond donors (Lipinski definition) is 2. The fraction of sp³-hybridized carbons (Fsp3) is 0.333. The van der Waals surface area contributed by atoms with Crippen molar-refractivity contribution in [2.75, 3.05) is 6.61 Å². The van der Waals surface area contributed by atoms with Crippen LogP contribution in [0.15, 0.2) is 43.5 Å². The molecule has 124 valence electrons. The first kappa shape index (κ1) is 18.5. The topological polar surface area (TPSA) is 75.6 Å². The van der Waals surface area contributed by atoms with Crippen molar-refractivity contribution in [2.24, 2.45) is 0 Å². The summed E-state index contributed by atoms with van der Waals surface area (Å²) in [5.41, 5.74) is 2.23. The summed E-state index contributed by atoms with van der Waals surface area (Å²) in [6.45, 7) is 12.9. The number of allylic oxidation sites excluding steroid dienone is 1. The second-order valence-electron chi connectivity index (χ2n) is 5.92. The zero-order valence-electron chi connectivity index (χ0n) is 13.8. The van der Waals surface area contributed by atoms with Crippen molar-refractivity contribution >= 4 is 17.6 Å². The number of carboxylic acid groups (broad SMARTS) is 1. The molecule has 0 spiro atoms. The molecule has 0 saturated carbocycles. The summed E-state index contributed by atoms with van der Waals surface area (Å²) in [6, 6.07) is 7.12. The Morgan fingerprint density at radius 3 is 2.61 bits per heavy atom. The van der Waals surface area contributed by atoms with Crippen LogP contribution in [0.25, 0.3) is 5.57 Å². The Morgan fingerprint density at radius 2 is 2.09 bits per heavy atom. The summed E-state index contributed by atoms with van der Waals surface area (Å²) in [5.74, 6) is -0.589. The smallest absolute Gasteiger partial charge is 0.405 e. The zero-order valence-corrected chi connectivity index (χ0v) is 13.8. The standard InChI is InChI=1S/C18H23NO4/c1-6-16(20)23-11-15(19-17(21)22)18(4,5)14-9-7-8-13(10-14)12(2)3/h6-10,15,19H,1-2,11H2,3-5H3,(H,21,22). The highest BCUT2D eigenvalue weighted by Gasteiger charge is 2.33. The van der Waals surface area contributed by atoms with Gasteiger partial charge in [0.2, 0.25) is 0 Å². The molecule has 0 saturated heterocycles. The summed E-state index contributed by atoms with van der Waals surface area (Å²) >= 11 is 0. The van der Waals surface area contributed by atoms with E-state index in [4.69, 9.17) is 9.84 Å². The largest absolute Gasteiger partial charge is 0.465 e. The van der Waals surface area contributed by atoms with Gasteiger partial charge in [-0.15, -0.1) is 0 Å². The fourth-order valence-electron chi connectivity index (χ4n) is 2.19. The Bertz CT molecular complexity index is 619. The van der Waals surface area contributed by atoms with Crippen LogP contribution >= 0.6 is 0 Å². The van der Waals surface area contributed by atoms with E-state index < -0.39 is 23.5 Å². The third-order valence-electron chi connectivity index (χ3n) is 3.83. The molecule has 0 bridgehead atoms. The van der Waals surface area contributed by atoms with Gasteiger partial charge in [-0.2, -0.15) is 0 Å². The highest BCUT2D eigenvalue weighted by molar-refractivity contribution is 5.81. The van der Waals surface area contributed by atoms with Gasteiger partial charge in [0.05, 0.1) is 6.04 Å². The summed E-state index contributed by atoms with van der Waals surface area (Å²) in [5, 5.41) is 11.5. The van der Waals surface area contributed by atoms with Crippen molar-refractivity contribution < 1.29 is 19.4 Å². The molecule has 0 aliphatic heterocycles. The van der Waals surface area contributed by atoms with E-state index in [1.54, 1.807) is 0 Å². The van der Waals surface area contributed by atoms with Gasteiger partial charge in [0, 0.05) is 11.5 Å². The van der Waals surface area contributed by atoms with Crippen LogP contribution in [0.3, 0.4) is 0 Å². The maximum Gasteiger partial charge on any atom is 0.405 e. The van der Waals surface area contributed by atoms with Crippen LogP contribution in [-0.2, 0) is 14.9 Å². The van der Waals surface area contributed by atoms with Crippen molar-refractivity contribution in [1.29, 1.82) is 0 Å². The molecule has 0 aromatic heterocycles. The first-order valence-corrected chi connectivity index (χ1v) is 7.23. The third-order valence-corrected chi connectivity index (χ3v) is 3.83. The predicted octanol–water partition coefficient (Wildman–Crippen LogP) is 3.36. The van der Waals surface area contributed by atoms with Crippen LogP contribution in [0.1, 0.15) is 31.9 Å². The average molecular weight is 317 g/mol. The van der Waals surface area contributed by atoms with Crippen LogP contribution in [0.2, 0.25) is 0 Å². The van der Waals surface area contributed by atoms with Gasteiger partial charge >= 0.3 is 12.1 Å². The van der Waals surface area contributed by atoms with E-state index in [9.17, 15) is 9.59 Å². The van der Waals surface area contributed by atoms with Crippen LogP contribution in [0, 0.1) is 0 Å². The molecule has 0 aliphatic carbocycles. The molecule has 1 unspecified atom stereocenters. The third kappa shape index (κ3) is 4.98. The van der Waals surface area contributed by atoms with E-state index in [0.717, 1.165) is 22.8 Å². The normalized spacial score (nSPS) is 12.1. The number of hydrogen-bond acceptors (Lipinski definition) is 3. The van der Waals surface area contributed by atoms with Gasteiger partial charge in [-0.3, -0.25) is 0 Å². The Kier molecular flexibility index (Phi) is 6.13. The van der Waals surface area contributed by atoms with Crippen molar-refractivity contribution in [3.05, 3.63) is 54.6 Å². The van der Waals surface area contributed by atoms with Gasteiger partial charge in [-0.1, -0.05) is 56.8 Å². The lowest BCUT2D eigenvalue weighted by atomic mass is 9.77. The number of carbonyl (C=O) groups is 2. The molecular weight excluding hydrogens is 294 g/mol. The lowest BCUT2D eigenvalue weighted by molar-refractivity contribution is -0.138. The quantitative estimate of drug-likeness (QED) is 0.597. The molecule has 1 rings (SSSR count). The molecule has 23 heavy (non-hydrogen) atoms. The number of esters is 1. The van der Waals surface area contributed by atoms with Crippen molar-refractivity contribution in [3.8, 4) is 0 Å². The SMILES string of the molecule is C=CC(=O)OCC(NC(=O)O)C(C)(C)c1cccc(C(=C)C)c1. The second kappa shape index (κ2) is 7.63. The molecule has 5 heteroatoms. The molecule has 1 aromatic rings. The van der Waals surface area contributed by atoms with E-state index >= 15 is 0 Å². The van der Waals surface area contributed by atoms with Crippen LogP contribution in [0.5, 0.6) is 0 Å². The van der Waals surface area contributed by atoms with Crippen molar-refractivity contribution in [3.63, 3.8) is 0 Å². The molecule has 1 amide bonds. The van der Waals surface area contributed by atoms with Gasteiger partial charge < -0.3 is 15.2 Å². The molecule has 0 heterocycles. The van der Waals surface area contributed by atoms with Gasteiger partial charge in [0.15, 0.2) is 0 Å². The number of carbonyl (C=O) groups excluding carboxylic acids is 1. The predicted molar refractivity (Wildman–Crippen MR) is 90.3 cm³/mol. The fourth-order valence-corrected chi connectivity index (χ4v) is 2.19. The minimum atomic E-state index is -1.17. The molecule has 5 nitrogen and oxygen atoms in total. The molecule has 2 N–H and O–H groups in total. The number of rotatable bonds is 7. The molecule has 0 fully saturated rings. The van der Waals surface area contributed by atoms with Gasteiger partial charge in [-0.05, 0) is 18.1 Å². The van der Waals surface area contributed by atoms with Gasteiger partial charge in [0.1, 0.15) is 6.61 Å². The minimum Gasteiger partial charge on any atom is -0.465 e. The Balaban J connectivity index is 3.12. The number of benzene rings is 1. The van der Waals surface area contributed by atoms with Crippen molar-refractivity contribution in [2.45, 2.75) is 32.2 Å². The average Bonchev–Trinajstić information content (AvgIpc) is 2.50. The van der Waals surface area contributed by atoms with Crippen LogP contribution in [-0.4, -0.2) is 29.8 Å². The first-order chi connectivity index (χ1) is 10.7.